The number of ether oxygens (including phenoxy) is 1. The van der Waals surface area contributed by atoms with Crippen LogP contribution in [0.15, 0.2) is 0 Å². The molecule has 0 unspecified atom stereocenters. The van der Waals surface area contributed by atoms with Crippen LogP contribution in [0.25, 0.3) is 0 Å². The summed E-state index contributed by atoms with van der Waals surface area (Å²) in [5.74, 6) is 0. The largest absolute Gasteiger partial charge is 0.381 e. The molecule has 2 saturated heterocycles. The van der Waals surface area contributed by atoms with E-state index in [4.69, 9.17) is 10.5 Å². The molecule has 3 aliphatic rings. The molecule has 1 saturated carbocycles. The van der Waals surface area contributed by atoms with Crippen molar-refractivity contribution < 1.29 is 4.74 Å². The molecule has 3 nitrogen and oxygen atoms in total. The van der Waals surface area contributed by atoms with E-state index in [0.29, 0.717) is 11.0 Å². The molecule has 0 radical (unpaired) electrons. The summed E-state index contributed by atoms with van der Waals surface area (Å²) in [6, 6.07) is 0. The smallest absolute Gasteiger partial charge is 0.0472 e. The lowest BCUT2D eigenvalue weighted by Crippen LogP contribution is -2.67. The molecule has 3 rings (SSSR count). The molecule has 0 aromatic heterocycles. The fraction of sp³-hybridized carbons (Fsp3) is 1.00. The van der Waals surface area contributed by atoms with Gasteiger partial charge in [0.05, 0.1) is 0 Å². The Bertz CT molecular complexity index is 247. The Morgan fingerprint density at radius 1 is 1.00 bits per heavy atom. The molecule has 0 amide bonds. The SMILES string of the molecule is NCC1(N2CC3(CCOCC3)C2)CCCC1. The molecule has 0 atom stereocenters. The highest BCUT2D eigenvalue weighted by Gasteiger charge is 2.51. The second-order valence-corrected chi connectivity index (χ2v) is 6.10. The minimum Gasteiger partial charge on any atom is -0.381 e. The second-order valence-electron chi connectivity index (χ2n) is 6.10. The Morgan fingerprint density at radius 3 is 2.19 bits per heavy atom. The Morgan fingerprint density at radius 2 is 1.62 bits per heavy atom. The van der Waals surface area contributed by atoms with E-state index in [2.05, 4.69) is 4.90 Å². The van der Waals surface area contributed by atoms with E-state index in [1.165, 1.54) is 51.6 Å². The Labute approximate surface area is 98.3 Å². The quantitative estimate of drug-likeness (QED) is 0.770. The number of nitrogens with two attached hydrogens (primary N) is 1. The van der Waals surface area contributed by atoms with Gasteiger partial charge < -0.3 is 10.5 Å². The molecule has 16 heavy (non-hydrogen) atoms. The van der Waals surface area contributed by atoms with Gasteiger partial charge in [-0.05, 0) is 25.7 Å². The first-order valence-electron chi connectivity index (χ1n) is 6.82. The van der Waals surface area contributed by atoms with Crippen molar-refractivity contribution in [3.8, 4) is 0 Å². The van der Waals surface area contributed by atoms with E-state index >= 15 is 0 Å². The molecule has 92 valence electrons. The summed E-state index contributed by atoms with van der Waals surface area (Å²) in [4.78, 5) is 2.69. The third kappa shape index (κ3) is 1.60. The predicted molar refractivity (Wildman–Crippen MR) is 64.3 cm³/mol. The van der Waals surface area contributed by atoms with Gasteiger partial charge in [-0.15, -0.1) is 0 Å². The number of hydrogen-bond donors (Lipinski definition) is 1. The van der Waals surface area contributed by atoms with Crippen molar-refractivity contribution in [2.45, 2.75) is 44.1 Å². The van der Waals surface area contributed by atoms with Crippen molar-refractivity contribution >= 4 is 0 Å². The number of likely N-dealkylation sites (tertiary alicyclic amines) is 1. The van der Waals surface area contributed by atoms with Crippen molar-refractivity contribution in [3.05, 3.63) is 0 Å². The van der Waals surface area contributed by atoms with Crippen molar-refractivity contribution in [1.82, 2.24) is 4.90 Å². The van der Waals surface area contributed by atoms with E-state index in [0.717, 1.165) is 19.8 Å². The highest BCUT2D eigenvalue weighted by Crippen LogP contribution is 2.47. The summed E-state index contributed by atoms with van der Waals surface area (Å²) in [5.41, 5.74) is 7.01. The van der Waals surface area contributed by atoms with Crippen LogP contribution in [0, 0.1) is 5.41 Å². The first-order valence-corrected chi connectivity index (χ1v) is 6.82. The zero-order valence-corrected chi connectivity index (χ0v) is 10.2. The molecule has 3 fully saturated rings. The Balaban J connectivity index is 1.62. The molecular formula is C13H24N2O. The van der Waals surface area contributed by atoms with Crippen LogP contribution in [0.4, 0.5) is 0 Å². The molecular weight excluding hydrogens is 200 g/mol. The first-order chi connectivity index (χ1) is 7.79. The topological polar surface area (TPSA) is 38.5 Å². The minimum atomic E-state index is 0.379. The highest BCUT2D eigenvalue weighted by atomic mass is 16.5. The summed E-state index contributed by atoms with van der Waals surface area (Å²) < 4.78 is 5.47. The normalized spacial score (nSPS) is 32.8. The van der Waals surface area contributed by atoms with E-state index < -0.39 is 0 Å². The van der Waals surface area contributed by atoms with Gasteiger partial charge >= 0.3 is 0 Å². The molecule has 2 N–H and O–H groups in total. The van der Waals surface area contributed by atoms with Gasteiger partial charge in [-0.25, -0.2) is 0 Å². The molecule has 0 aromatic rings. The van der Waals surface area contributed by atoms with Crippen LogP contribution in [0.5, 0.6) is 0 Å². The summed E-state index contributed by atoms with van der Waals surface area (Å²) in [7, 11) is 0. The maximum atomic E-state index is 6.03. The van der Waals surface area contributed by atoms with E-state index in [9.17, 15) is 0 Å². The lowest BCUT2D eigenvalue weighted by Gasteiger charge is -2.59. The summed E-state index contributed by atoms with van der Waals surface area (Å²) in [6.45, 7) is 5.38. The zero-order chi connectivity index (χ0) is 11.1. The third-order valence-electron chi connectivity index (χ3n) is 5.19. The molecule has 1 aliphatic carbocycles. The van der Waals surface area contributed by atoms with Crippen molar-refractivity contribution in [2.24, 2.45) is 11.1 Å². The lowest BCUT2D eigenvalue weighted by molar-refractivity contribution is -0.122. The van der Waals surface area contributed by atoms with Crippen molar-refractivity contribution in [2.75, 3.05) is 32.8 Å². The molecule has 3 heteroatoms. The van der Waals surface area contributed by atoms with Gasteiger partial charge in [-0.3, -0.25) is 4.90 Å². The van der Waals surface area contributed by atoms with Crippen molar-refractivity contribution in [3.63, 3.8) is 0 Å². The standard InChI is InChI=1S/C13H24N2O/c14-9-13(3-1-2-4-13)15-10-12(11-15)5-7-16-8-6-12/h1-11,14H2. The molecule has 1 spiro atoms. The fourth-order valence-corrected chi connectivity index (χ4v) is 3.90. The number of nitrogens with zero attached hydrogens (tertiary/aromatic N) is 1. The summed E-state index contributed by atoms with van der Waals surface area (Å²) in [5, 5.41) is 0. The van der Waals surface area contributed by atoms with Crippen LogP contribution in [0.2, 0.25) is 0 Å². The van der Waals surface area contributed by atoms with Gasteiger partial charge in [0.25, 0.3) is 0 Å². The minimum absolute atomic E-state index is 0.379. The molecule has 2 heterocycles. The van der Waals surface area contributed by atoms with Crippen LogP contribution < -0.4 is 5.73 Å². The zero-order valence-electron chi connectivity index (χ0n) is 10.2. The highest BCUT2D eigenvalue weighted by molar-refractivity contribution is 5.06. The first kappa shape index (κ1) is 11.0. The Hall–Kier alpha value is -0.120. The lowest BCUT2D eigenvalue weighted by atomic mass is 9.70. The van der Waals surface area contributed by atoms with Crippen LogP contribution in [-0.4, -0.2) is 43.3 Å². The Kier molecular flexibility index (Phi) is 2.73. The van der Waals surface area contributed by atoms with Crippen LogP contribution in [0.3, 0.4) is 0 Å². The third-order valence-corrected chi connectivity index (χ3v) is 5.19. The summed E-state index contributed by atoms with van der Waals surface area (Å²) >= 11 is 0. The molecule has 2 aliphatic heterocycles. The maximum Gasteiger partial charge on any atom is 0.0472 e. The van der Waals surface area contributed by atoms with Crippen LogP contribution in [-0.2, 0) is 4.74 Å². The van der Waals surface area contributed by atoms with E-state index in [1.807, 2.05) is 0 Å². The van der Waals surface area contributed by atoms with Gasteiger partial charge in [0, 0.05) is 43.8 Å². The number of rotatable bonds is 2. The maximum absolute atomic E-state index is 6.03. The molecule has 0 bridgehead atoms. The van der Waals surface area contributed by atoms with Gasteiger partial charge in [0.15, 0.2) is 0 Å². The van der Waals surface area contributed by atoms with Crippen molar-refractivity contribution in [1.29, 1.82) is 0 Å². The summed E-state index contributed by atoms with van der Waals surface area (Å²) in [6.07, 6.45) is 7.95. The second kappa shape index (κ2) is 3.97. The van der Waals surface area contributed by atoms with Gasteiger partial charge in [-0.2, -0.15) is 0 Å². The number of hydrogen-bond acceptors (Lipinski definition) is 3. The predicted octanol–water partition coefficient (Wildman–Crippen LogP) is 1.37. The van der Waals surface area contributed by atoms with Crippen LogP contribution >= 0.6 is 0 Å². The van der Waals surface area contributed by atoms with E-state index in [-0.39, 0.29) is 0 Å². The average molecular weight is 224 g/mol. The van der Waals surface area contributed by atoms with Gasteiger partial charge in [0.1, 0.15) is 0 Å². The molecule has 0 aromatic carbocycles. The fourth-order valence-electron chi connectivity index (χ4n) is 3.90. The average Bonchev–Trinajstić information content (AvgIpc) is 2.76. The monoisotopic (exact) mass is 224 g/mol. The van der Waals surface area contributed by atoms with Gasteiger partial charge in [-0.1, -0.05) is 12.8 Å². The van der Waals surface area contributed by atoms with Crippen LogP contribution in [0.1, 0.15) is 38.5 Å². The van der Waals surface area contributed by atoms with E-state index in [1.54, 1.807) is 0 Å². The van der Waals surface area contributed by atoms with Gasteiger partial charge in [0.2, 0.25) is 0 Å².